The van der Waals surface area contributed by atoms with E-state index in [2.05, 4.69) is 5.10 Å². The van der Waals surface area contributed by atoms with Crippen molar-refractivity contribution in [2.75, 3.05) is 13.2 Å². The third-order valence-corrected chi connectivity index (χ3v) is 4.81. The number of hydrogen-bond donors (Lipinski definition) is 0. The summed E-state index contributed by atoms with van der Waals surface area (Å²) in [5.41, 5.74) is 1.92. The Hall–Kier alpha value is -2.14. The highest BCUT2D eigenvalue weighted by Gasteiger charge is 2.54. The zero-order valence-electron chi connectivity index (χ0n) is 13.2. The van der Waals surface area contributed by atoms with Crippen molar-refractivity contribution in [3.63, 3.8) is 0 Å². The van der Waals surface area contributed by atoms with Crippen LogP contribution in [0.4, 0.5) is 0 Å². The molecule has 0 bridgehead atoms. The fraction of sp³-hybridized carbons (Fsp3) is 0.444. The number of ether oxygens (including phenoxy) is 2. The molecule has 23 heavy (non-hydrogen) atoms. The van der Waals surface area contributed by atoms with Gasteiger partial charge in [0, 0.05) is 18.2 Å². The van der Waals surface area contributed by atoms with E-state index in [4.69, 9.17) is 9.47 Å². The maximum absolute atomic E-state index is 12.5. The van der Waals surface area contributed by atoms with Gasteiger partial charge in [-0.25, -0.2) is 9.48 Å². The molecular weight excluding hydrogens is 292 g/mol. The fourth-order valence-electron chi connectivity index (χ4n) is 3.31. The lowest BCUT2D eigenvalue weighted by atomic mass is 9.99. The highest BCUT2D eigenvalue weighted by molar-refractivity contribution is 5.88. The Balaban J connectivity index is 1.53. The van der Waals surface area contributed by atoms with E-state index in [1.807, 2.05) is 37.3 Å². The van der Waals surface area contributed by atoms with Crippen molar-refractivity contribution in [2.45, 2.75) is 31.8 Å². The van der Waals surface area contributed by atoms with Crippen LogP contribution in [0, 0.1) is 12.8 Å². The van der Waals surface area contributed by atoms with Gasteiger partial charge in [0.1, 0.15) is 5.60 Å². The summed E-state index contributed by atoms with van der Waals surface area (Å²) in [6, 6.07) is 11.6. The number of carbonyl (C=O) groups excluding carboxylic acids is 1. The monoisotopic (exact) mass is 312 g/mol. The second kappa shape index (κ2) is 5.49. The summed E-state index contributed by atoms with van der Waals surface area (Å²) in [6.07, 6.45) is 2.85. The Morgan fingerprint density at radius 2 is 2.13 bits per heavy atom. The van der Waals surface area contributed by atoms with Gasteiger partial charge in [0.2, 0.25) is 0 Å². The normalized spacial score (nSPS) is 22.0. The lowest BCUT2D eigenvalue weighted by Gasteiger charge is -2.21. The highest BCUT2D eigenvalue weighted by atomic mass is 16.6. The van der Waals surface area contributed by atoms with Crippen molar-refractivity contribution in [3.8, 4) is 5.69 Å². The van der Waals surface area contributed by atoms with Gasteiger partial charge in [-0.3, -0.25) is 0 Å². The molecule has 1 aromatic carbocycles. The molecule has 2 heterocycles. The first-order chi connectivity index (χ1) is 11.2. The quantitative estimate of drug-likeness (QED) is 0.815. The molecule has 0 unspecified atom stereocenters. The van der Waals surface area contributed by atoms with Gasteiger partial charge >= 0.3 is 5.97 Å². The molecule has 5 heteroatoms. The number of para-hydroxylation sites is 1. The van der Waals surface area contributed by atoms with Crippen molar-refractivity contribution >= 4 is 5.97 Å². The summed E-state index contributed by atoms with van der Waals surface area (Å²) in [4.78, 5) is 12.5. The summed E-state index contributed by atoms with van der Waals surface area (Å²) in [5, 5.41) is 4.43. The van der Waals surface area contributed by atoms with Gasteiger partial charge in [-0.2, -0.15) is 5.10 Å². The van der Waals surface area contributed by atoms with Gasteiger partial charge in [0.15, 0.2) is 5.69 Å². The molecule has 2 aliphatic rings. The summed E-state index contributed by atoms with van der Waals surface area (Å²) >= 11 is 0. The van der Waals surface area contributed by atoms with E-state index in [1.54, 1.807) is 10.7 Å². The lowest BCUT2D eigenvalue weighted by molar-refractivity contribution is 0.000180. The summed E-state index contributed by atoms with van der Waals surface area (Å²) in [7, 11) is 0. The van der Waals surface area contributed by atoms with Gasteiger partial charge in [-0.15, -0.1) is 0 Å². The summed E-state index contributed by atoms with van der Waals surface area (Å²) in [6.45, 7) is 3.41. The molecule has 5 nitrogen and oxygen atoms in total. The Morgan fingerprint density at radius 3 is 2.78 bits per heavy atom. The first-order valence-corrected chi connectivity index (χ1v) is 8.11. The zero-order chi connectivity index (χ0) is 15.9. The number of nitrogens with zero attached hydrogens (tertiary/aromatic N) is 2. The van der Waals surface area contributed by atoms with Crippen LogP contribution in [0.1, 0.15) is 35.4 Å². The first kappa shape index (κ1) is 14.5. The van der Waals surface area contributed by atoms with Crippen LogP contribution in [-0.4, -0.2) is 34.6 Å². The molecule has 1 atom stereocenters. The standard InChI is InChI=1S/C18H20N2O3/c1-13-11-16(19-20(13)15-5-3-2-4-6-15)17(21)23-18(8-9-18)14-7-10-22-12-14/h2-6,11,14H,7-10,12H2,1H3/t14-/m0/s1. The molecule has 1 aliphatic carbocycles. The second-order valence-corrected chi connectivity index (χ2v) is 6.43. The predicted molar refractivity (Wildman–Crippen MR) is 84.6 cm³/mol. The third kappa shape index (κ3) is 2.65. The third-order valence-electron chi connectivity index (χ3n) is 4.81. The van der Waals surface area contributed by atoms with E-state index in [9.17, 15) is 4.79 Å². The van der Waals surface area contributed by atoms with E-state index in [0.29, 0.717) is 18.2 Å². The second-order valence-electron chi connectivity index (χ2n) is 6.43. The first-order valence-electron chi connectivity index (χ1n) is 8.11. The number of hydrogen-bond acceptors (Lipinski definition) is 4. The van der Waals surface area contributed by atoms with Gasteiger partial charge in [-0.05, 0) is 44.4 Å². The topological polar surface area (TPSA) is 53.4 Å². The van der Waals surface area contributed by atoms with Gasteiger partial charge in [0.05, 0.1) is 12.3 Å². The van der Waals surface area contributed by atoms with Gasteiger partial charge in [-0.1, -0.05) is 18.2 Å². The fourth-order valence-corrected chi connectivity index (χ4v) is 3.31. The van der Waals surface area contributed by atoms with Crippen LogP contribution < -0.4 is 0 Å². The van der Waals surface area contributed by atoms with Gasteiger partial charge < -0.3 is 9.47 Å². The minimum absolute atomic E-state index is 0.308. The molecule has 1 aromatic heterocycles. The Morgan fingerprint density at radius 1 is 1.35 bits per heavy atom. The number of esters is 1. The van der Waals surface area contributed by atoms with Crippen molar-refractivity contribution in [1.29, 1.82) is 0 Å². The molecule has 1 aliphatic heterocycles. The number of aromatic nitrogens is 2. The predicted octanol–water partition coefficient (Wildman–Crippen LogP) is 2.91. The minimum Gasteiger partial charge on any atom is -0.454 e. The Labute approximate surface area is 135 Å². The average molecular weight is 312 g/mol. The number of carbonyl (C=O) groups is 1. The van der Waals surface area contributed by atoms with Crippen LogP contribution in [0.5, 0.6) is 0 Å². The SMILES string of the molecule is Cc1cc(C(=O)OC2([C@H]3CCOC3)CC2)nn1-c1ccccc1. The van der Waals surface area contributed by atoms with Crippen LogP contribution in [0.2, 0.25) is 0 Å². The minimum atomic E-state index is -0.327. The molecule has 1 saturated carbocycles. The molecule has 2 fully saturated rings. The summed E-state index contributed by atoms with van der Waals surface area (Å²) in [5.74, 6) is 0.0101. The van der Waals surface area contributed by atoms with E-state index in [0.717, 1.165) is 37.3 Å². The summed E-state index contributed by atoms with van der Waals surface area (Å²) < 4.78 is 13.0. The van der Waals surface area contributed by atoms with E-state index in [1.165, 1.54) is 0 Å². The Kier molecular flexibility index (Phi) is 3.45. The molecule has 2 aromatic rings. The van der Waals surface area contributed by atoms with E-state index in [-0.39, 0.29) is 11.6 Å². The smallest absolute Gasteiger partial charge is 0.359 e. The number of rotatable bonds is 4. The van der Waals surface area contributed by atoms with Crippen molar-refractivity contribution in [1.82, 2.24) is 9.78 Å². The molecule has 0 N–H and O–H groups in total. The highest BCUT2D eigenvalue weighted by Crippen LogP contribution is 2.49. The molecule has 0 spiro atoms. The van der Waals surface area contributed by atoms with Crippen molar-refractivity contribution in [2.24, 2.45) is 5.92 Å². The van der Waals surface area contributed by atoms with E-state index >= 15 is 0 Å². The number of benzene rings is 1. The van der Waals surface area contributed by atoms with Crippen molar-refractivity contribution < 1.29 is 14.3 Å². The zero-order valence-corrected chi connectivity index (χ0v) is 13.2. The molecule has 4 rings (SSSR count). The van der Waals surface area contributed by atoms with Crippen LogP contribution in [0.3, 0.4) is 0 Å². The molecule has 1 saturated heterocycles. The van der Waals surface area contributed by atoms with Crippen LogP contribution >= 0.6 is 0 Å². The van der Waals surface area contributed by atoms with Gasteiger partial charge in [0.25, 0.3) is 0 Å². The van der Waals surface area contributed by atoms with Crippen LogP contribution in [0.25, 0.3) is 5.69 Å². The van der Waals surface area contributed by atoms with Crippen LogP contribution in [-0.2, 0) is 9.47 Å². The lowest BCUT2D eigenvalue weighted by Crippen LogP contribution is -2.29. The molecule has 0 amide bonds. The maximum Gasteiger partial charge on any atom is 0.359 e. The molecule has 120 valence electrons. The largest absolute Gasteiger partial charge is 0.454 e. The Bertz CT molecular complexity index is 713. The average Bonchev–Trinajstić information content (AvgIpc) is 3.01. The maximum atomic E-state index is 12.5. The molecule has 0 radical (unpaired) electrons. The molecular formula is C18H20N2O3. The van der Waals surface area contributed by atoms with E-state index < -0.39 is 0 Å². The van der Waals surface area contributed by atoms with Crippen LogP contribution in [0.15, 0.2) is 36.4 Å². The number of aryl methyl sites for hydroxylation is 1. The van der Waals surface area contributed by atoms with Crippen molar-refractivity contribution in [3.05, 3.63) is 47.8 Å².